The van der Waals surface area contributed by atoms with Gasteiger partial charge in [-0.2, -0.15) is 0 Å². The van der Waals surface area contributed by atoms with Crippen molar-refractivity contribution in [2.75, 3.05) is 6.54 Å². The molecule has 0 aliphatic heterocycles. The molecular formula is C11H16N2O. The van der Waals surface area contributed by atoms with Crippen molar-refractivity contribution in [3.8, 4) is 0 Å². The molecule has 1 aromatic rings. The normalized spacial score (nSPS) is 12.4. The van der Waals surface area contributed by atoms with Crippen LogP contribution in [0.1, 0.15) is 12.0 Å². The molecule has 0 aliphatic carbocycles. The Labute approximate surface area is 84.1 Å². The predicted octanol–water partition coefficient (Wildman–Crippen LogP) is 0.474. The van der Waals surface area contributed by atoms with Gasteiger partial charge in [-0.15, -0.1) is 0 Å². The van der Waals surface area contributed by atoms with E-state index in [0.29, 0.717) is 19.4 Å². The van der Waals surface area contributed by atoms with Crippen molar-refractivity contribution in [2.24, 2.45) is 11.5 Å². The summed E-state index contributed by atoms with van der Waals surface area (Å²) in [7, 11) is 0. The van der Waals surface area contributed by atoms with Crippen LogP contribution in [0.5, 0.6) is 0 Å². The predicted molar refractivity (Wildman–Crippen MR) is 56.8 cm³/mol. The molecule has 0 unspecified atom stereocenters. The molecule has 1 rings (SSSR count). The Morgan fingerprint density at radius 2 is 1.93 bits per heavy atom. The van der Waals surface area contributed by atoms with E-state index in [9.17, 15) is 4.79 Å². The van der Waals surface area contributed by atoms with Gasteiger partial charge in [-0.1, -0.05) is 30.3 Å². The van der Waals surface area contributed by atoms with Crippen molar-refractivity contribution in [1.82, 2.24) is 0 Å². The number of rotatable bonds is 5. The summed E-state index contributed by atoms with van der Waals surface area (Å²) in [6.45, 7) is 0.460. The topological polar surface area (TPSA) is 69.1 Å². The van der Waals surface area contributed by atoms with Crippen molar-refractivity contribution in [2.45, 2.75) is 18.9 Å². The molecule has 76 valence electrons. The Morgan fingerprint density at radius 3 is 2.50 bits per heavy atom. The summed E-state index contributed by atoms with van der Waals surface area (Å²) in [4.78, 5) is 11.5. The van der Waals surface area contributed by atoms with E-state index in [0.717, 1.165) is 5.56 Å². The van der Waals surface area contributed by atoms with Gasteiger partial charge >= 0.3 is 0 Å². The van der Waals surface area contributed by atoms with E-state index in [1.54, 1.807) is 0 Å². The van der Waals surface area contributed by atoms with Crippen molar-refractivity contribution in [1.29, 1.82) is 0 Å². The number of Topliss-reactive ketones (excluding diaryl/α,β-unsaturated/α-hetero) is 1. The van der Waals surface area contributed by atoms with Gasteiger partial charge in [0.1, 0.15) is 0 Å². The molecule has 0 amide bonds. The van der Waals surface area contributed by atoms with Gasteiger partial charge < -0.3 is 11.5 Å². The summed E-state index contributed by atoms with van der Waals surface area (Å²) in [5.41, 5.74) is 12.0. The quantitative estimate of drug-likeness (QED) is 0.712. The lowest BCUT2D eigenvalue weighted by Gasteiger charge is -2.08. The minimum atomic E-state index is -0.416. The fourth-order valence-electron chi connectivity index (χ4n) is 1.27. The van der Waals surface area contributed by atoms with Gasteiger partial charge in [-0.25, -0.2) is 0 Å². The van der Waals surface area contributed by atoms with Gasteiger partial charge in [0.05, 0.1) is 6.04 Å². The van der Waals surface area contributed by atoms with E-state index in [4.69, 9.17) is 11.5 Å². The summed E-state index contributed by atoms with van der Waals surface area (Å²) in [5, 5.41) is 0. The molecule has 0 fully saturated rings. The fourth-order valence-corrected chi connectivity index (χ4v) is 1.27. The highest BCUT2D eigenvalue weighted by atomic mass is 16.1. The average Bonchev–Trinajstić information content (AvgIpc) is 2.19. The van der Waals surface area contributed by atoms with Crippen LogP contribution in [-0.2, 0) is 11.2 Å². The van der Waals surface area contributed by atoms with Gasteiger partial charge in [-0.05, 0) is 18.5 Å². The van der Waals surface area contributed by atoms with Crippen LogP contribution in [0.25, 0.3) is 0 Å². The summed E-state index contributed by atoms with van der Waals surface area (Å²) in [5.74, 6) is 0.0571. The molecule has 0 aromatic heterocycles. The van der Waals surface area contributed by atoms with Crippen LogP contribution in [0.3, 0.4) is 0 Å². The second-order valence-corrected chi connectivity index (χ2v) is 3.31. The smallest absolute Gasteiger partial charge is 0.153 e. The maximum atomic E-state index is 11.5. The summed E-state index contributed by atoms with van der Waals surface area (Å²) in [6.07, 6.45) is 0.966. The van der Waals surface area contributed by atoms with Crippen LogP contribution in [0, 0.1) is 0 Å². The van der Waals surface area contributed by atoms with Crippen LogP contribution in [-0.4, -0.2) is 18.4 Å². The van der Waals surface area contributed by atoms with Crippen molar-refractivity contribution < 1.29 is 4.79 Å². The van der Waals surface area contributed by atoms with Gasteiger partial charge in [0.2, 0.25) is 0 Å². The first kappa shape index (κ1) is 10.9. The second-order valence-electron chi connectivity index (χ2n) is 3.31. The lowest BCUT2D eigenvalue weighted by Crippen LogP contribution is -2.33. The average molecular weight is 192 g/mol. The minimum absolute atomic E-state index is 0.0571. The summed E-state index contributed by atoms with van der Waals surface area (Å²) in [6, 6.07) is 9.18. The number of nitrogens with two attached hydrogens (primary N) is 2. The SMILES string of the molecule is NCC[C@H](N)C(=O)Cc1ccccc1. The van der Waals surface area contributed by atoms with E-state index in [2.05, 4.69) is 0 Å². The Balaban J connectivity index is 2.49. The number of carbonyl (C=O) groups is 1. The highest BCUT2D eigenvalue weighted by Crippen LogP contribution is 2.02. The lowest BCUT2D eigenvalue weighted by molar-refractivity contribution is -0.119. The third-order valence-electron chi connectivity index (χ3n) is 2.11. The number of carbonyl (C=O) groups excluding carboxylic acids is 1. The molecule has 4 N–H and O–H groups in total. The zero-order valence-electron chi connectivity index (χ0n) is 8.15. The van der Waals surface area contributed by atoms with E-state index < -0.39 is 6.04 Å². The Hall–Kier alpha value is -1.19. The zero-order chi connectivity index (χ0) is 10.4. The third kappa shape index (κ3) is 3.28. The van der Waals surface area contributed by atoms with Crippen LogP contribution in [0.2, 0.25) is 0 Å². The third-order valence-corrected chi connectivity index (χ3v) is 2.11. The van der Waals surface area contributed by atoms with Crippen molar-refractivity contribution in [3.05, 3.63) is 35.9 Å². The van der Waals surface area contributed by atoms with Gasteiger partial charge in [-0.3, -0.25) is 4.79 Å². The van der Waals surface area contributed by atoms with Crippen LogP contribution < -0.4 is 11.5 Å². The number of ketones is 1. The van der Waals surface area contributed by atoms with Crippen molar-refractivity contribution in [3.63, 3.8) is 0 Å². The highest BCUT2D eigenvalue weighted by Gasteiger charge is 2.12. The van der Waals surface area contributed by atoms with Gasteiger partial charge in [0.15, 0.2) is 5.78 Å². The van der Waals surface area contributed by atoms with Crippen LogP contribution in [0.4, 0.5) is 0 Å². The first-order chi connectivity index (χ1) is 6.74. The number of benzene rings is 1. The molecular weight excluding hydrogens is 176 g/mol. The second kappa shape index (κ2) is 5.52. The lowest BCUT2D eigenvalue weighted by atomic mass is 10.0. The number of hydrogen-bond acceptors (Lipinski definition) is 3. The molecule has 1 atom stereocenters. The molecule has 0 spiro atoms. The van der Waals surface area contributed by atoms with E-state index in [1.165, 1.54) is 0 Å². The summed E-state index contributed by atoms with van der Waals surface area (Å²) >= 11 is 0. The standard InChI is InChI=1S/C11H16N2O/c12-7-6-10(13)11(14)8-9-4-2-1-3-5-9/h1-5,10H,6-8,12-13H2/t10-/m0/s1. The largest absolute Gasteiger partial charge is 0.330 e. The zero-order valence-corrected chi connectivity index (χ0v) is 8.15. The molecule has 0 radical (unpaired) electrons. The Bertz CT molecular complexity index is 285. The number of hydrogen-bond donors (Lipinski definition) is 2. The van der Waals surface area contributed by atoms with E-state index in [1.807, 2.05) is 30.3 Å². The molecule has 14 heavy (non-hydrogen) atoms. The molecule has 0 saturated carbocycles. The maximum Gasteiger partial charge on any atom is 0.153 e. The fraction of sp³-hybridized carbons (Fsp3) is 0.364. The summed E-state index contributed by atoms with van der Waals surface area (Å²) < 4.78 is 0. The van der Waals surface area contributed by atoms with Gasteiger partial charge in [0, 0.05) is 6.42 Å². The van der Waals surface area contributed by atoms with Crippen molar-refractivity contribution >= 4 is 5.78 Å². The monoisotopic (exact) mass is 192 g/mol. The Kier molecular flexibility index (Phi) is 4.29. The minimum Gasteiger partial charge on any atom is -0.330 e. The van der Waals surface area contributed by atoms with Gasteiger partial charge in [0.25, 0.3) is 0 Å². The molecule has 0 saturated heterocycles. The maximum absolute atomic E-state index is 11.5. The van der Waals surface area contributed by atoms with Crippen LogP contribution in [0.15, 0.2) is 30.3 Å². The molecule has 0 aliphatic rings. The van der Waals surface area contributed by atoms with E-state index in [-0.39, 0.29) is 5.78 Å². The first-order valence-electron chi connectivity index (χ1n) is 4.76. The Morgan fingerprint density at radius 1 is 1.29 bits per heavy atom. The van der Waals surface area contributed by atoms with Crippen LogP contribution >= 0.6 is 0 Å². The first-order valence-corrected chi connectivity index (χ1v) is 4.76. The molecule has 1 aromatic carbocycles. The molecule has 3 heteroatoms. The van der Waals surface area contributed by atoms with E-state index >= 15 is 0 Å². The highest BCUT2D eigenvalue weighted by molar-refractivity contribution is 5.85. The molecule has 3 nitrogen and oxygen atoms in total. The molecule has 0 heterocycles. The molecule has 0 bridgehead atoms.